The van der Waals surface area contributed by atoms with Crippen molar-refractivity contribution in [2.24, 2.45) is 0 Å². The van der Waals surface area contributed by atoms with Gasteiger partial charge in [-0.05, 0) is 61.0 Å². The van der Waals surface area contributed by atoms with Crippen LogP contribution in [0.15, 0.2) is 66.7 Å². The van der Waals surface area contributed by atoms with Crippen LogP contribution in [-0.2, 0) is 6.61 Å². The van der Waals surface area contributed by atoms with Crippen LogP contribution >= 0.6 is 0 Å². The number of rotatable bonds is 8. The average molecular weight is 404 g/mol. The highest BCUT2D eigenvalue weighted by molar-refractivity contribution is 6.07. The van der Waals surface area contributed by atoms with Gasteiger partial charge in [0.25, 0.3) is 0 Å². The summed E-state index contributed by atoms with van der Waals surface area (Å²) in [4.78, 5) is 12.5. The minimum Gasteiger partial charge on any atom is -0.504 e. The van der Waals surface area contributed by atoms with Gasteiger partial charge in [-0.25, -0.2) is 0 Å². The SMILES string of the molecule is COc1cc(C(=O)/C=C/c2ccc(OC)c(COc3ccc(C)cc3)c2)ccc1O. The zero-order chi connectivity index (χ0) is 21.5. The van der Waals surface area contributed by atoms with Gasteiger partial charge in [0.2, 0.25) is 0 Å². The van der Waals surface area contributed by atoms with E-state index in [1.807, 2.05) is 49.4 Å². The second-order valence-electron chi connectivity index (χ2n) is 6.76. The highest BCUT2D eigenvalue weighted by Crippen LogP contribution is 2.27. The molecule has 1 N–H and O–H groups in total. The maximum absolute atomic E-state index is 12.5. The molecule has 0 heterocycles. The number of phenolic OH excluding ortho intramolecular Hbond substituents is 1. The first-order chi connectivity index (χ1) is 14.5. The molecule has 0 aromatic heterocycles. The van der Waals surface area contributed by atoms with Crippen molar-refractivity contribution in [1.29, 1.82) is 0 Å². The van der Waals surface area contributed by atoms with Gasteiger partial charge in [0.05, 0.1) is 14.2 Å². The van der Waals surface area contributed by atoms with Gasteiger partial charge in [-0.3, -0.25) is 4.79 Å². The summed E-state index contributed by atoms with van der Waals surface area (Å²) in [7, 11) is 3.05. The fourth-order valence-electron chi connectivity index (χ4n) is 2.91. The van der Waals surface area contributed by atoms with E-state index in [-0.39, 0.29) is 17.3 Å². The van der Waals surface area contributed by atoms with Crippen LogP contribution in [-0.4, -0.2) is 25.1 Å². The first kappa shape index (κ1) is 21.0. The average Bonchev–Trinajstić information content (AvgIpc) is 2.77. The van der Waals surface area contributed by atoms with Crippen molar-refractivity contribution in [3.8, 4) is 23.0 Å². The first-order valence-corrected chi connectivity index (χ1v) is 9.46. The molecule has 0 aliphatic rings. The Morgan fingerprint density at radius 3 is 2.37 bits per heavy atom. The van der Waals surface area contributed by atoms with Crippen molar-refractivity contribution < 1.29 is 24.1 Å². The lowest BCUT2D eigenvalue weighted by molar-refractivity contribution is 0.104. The second kappa shape index (κ2) is 9.65. The van der Waals surface area contributed by atoms with Crippen molar-refractivity contribution in [2.75, 3.05) is 14.2 Å². The van der Waals surface area contributed by atoms with E-state index >= 15 is 0 Å². The van der Waals surface area contributed by atoms with Gasteiger partial charge in [-0.1, -0.05) is 29.8 Å². The largest absolute Gasteiger partial charge is 0.504 e. The molecule has 0 atom stereocenters. The van der Waals surface area contributed by atoms with E-state index < -0.39 is 0 Å². The van der Waals surface area contributed by atoms with Crippen LogP contribution in [0.4, 0.5) is 0 Å². The molecule has 0 amide bonds. The minimum absolute atomic E-state index is 0.00796. The third kappa shape index (κ3) is 5.20. The minimum atomic E-state index is -0.193. The summed E-state index contributed by atoms with van der Waals surface area (Å²) in [5, 5.41) is 9.67. The number of aryl methyl sites for hydroxylation is 1. The molecule has 3 aromatic rings. The third-order valence-corrected chi connectivity index (χ3v) is 4.61. The number of hydrogen-bond donors (Lipinski definition) is 1. The highest BCUT2D eigenvalue weighted by Gasteiger charge is 2.08. The van der Waals surface area contributed by atoms with Crippen LogP contribution in [0, 0.1) is 6.92 Å². The van der Waals surface area contributed by atoms with Crippen LogP contribution in [0.1, 0.15) is 27.0 Å². The number of carbonyl (C=O) groups is 1. The van der Waals surface area contributed by atoms with E-state index in [2.05, 4.69) is 0 Å². The molecule has 0 unspecified atom stereocenters. The van der Waals surface area contributed by atoms with Crippen LogP contribution < -0.4 is 14.2 Å². The number of ether oxygens (including phenoxy) is 3. The van der Waals surface area contributed by atoms with E-state index in [4.69, 9.17) is 14.2 Å². The van der Waals surface area contributed by atoms with Crippen LogP contribution in [0.25, 0.3) is 6.08 Å². The topological polar surface area (TPSA) is 65.0 Å². The fourth-order valence-corrected chi connectivity index (χ4v) is 2.91. The molecule has 3 aromatic carbocycles. The Morgan fingerprint density at radius 2 is 1.67 bits per heavy atom. The summed E-state index contributed by atoms with van der Waals surface area (Å²) in [6.07, 6.45) is 3.22. The van der Waals surface area contributed by atoms with Gasteiger partial charge in [-0.2, -0.15) is 0 Å². The molecule has 5 nitrogen and oxygen atoms in total. The number of carbonyl (C=O) groups excluding carboxylic acids is 1. The summed E-state index contributed by atoms with van der Waals surface area (Å²) in [6.45, 7) is 2.37. The lowest BCUT2D eigenvalue weighted by Gasteiger charge is -2.11. The molecule has 30 heavy (non-hydrogen) atoms. The number of phenols is 1. The molecule has 0 fully saturated rings. The lowest BCUT2D eigenvalue weighted by atomic mass is 10.1. The number of ketones is 1. The number of allylic oxidation sites excluding steroid dienone is 1. The number of methoxy groups -OCH3 is 2. The molecule has 0 spiro atoms. The molecule has 0 aliphatic heterocycles. The number of benzene rings is 3. The predicted octanol–water partition coefficient (Wildman–Crippen LogP) is 5.19. The molecule has 0 radical (unpaired) electrons. The summed E-state index contributed by atoms with van der Waals surface area (Å²) < 4.78 is 16.4. The quantitative estimate of drug-likeness (QED) is 0.413. The first-order valence-electron chi connectivity index (χ1n) is 9.46. The number of aromatic hydroxyl groups is 1. The van der Waals surface area contributed by atoms with Crippen LogP contribution in [0.2, 0.25) is 0 Å². The van der Waals surface area contributed by atoms with E-state index in [1.165, 1.54) is 30.9 Å². The van der Waals surface area contributed by atoms with E-state index in [9.17, 15) is 9.90 Å². The Labute approximate surface area is 176 Å². The monoisotopic (exact) mass is 404 g/mol. The number of hydrogen-bond acceptors (Lipinski definition) is 5. The summed E-state index contributed by atoms with van der Waals surface area (Å²) in [6, 6.07) is 18.0. The molecule has 0 aliphatic carbocycles. The third-order valence-electron chi connectivity index (χ3n) is 4.61. The van der Waals surface area contributed by atoms with Gasteiger partial charge in [0, 0.05) is 11.1 Å². The predicted molar refractivity (Wildman–Crippen MR) is 117 cm³/mol. The molecule has 0 bridgehead atoms. The Kier molecular flexibility index (Phi) is 6.75. The lowest BCUT2D eigenvalue weighted by Crippen LogP contribution is -1.99. The molecule has 0 saturated carbocycles. The van der Waals surface area contributed by atoms with Crippen LogP contribution in [0.3, 0.4) is 0 Å². The van der Waals surface area contributed by atoms with Crippen molar-refractivity contribution in [2.45, 2.75) is 13.5 Å². The zero-order valence-electron chi connectivity index (χ0n) is 17.2. The Balaban J connectivity index is 1.75. The van der Waals surface area contributed by atoms with Gasteiger partial charge in [0.1, 0.15) is 18.1 Å². The maximum atomic E-state index is 12.5. The van der Waals surface area contributed by atoms with E-state index in [0.717, 1.165) is 16.9 Å². The molecule has 0 saturated heterocycles. The van der Waals surface area contributed by atoms with Crippen molar-refractivity contribution >= 4 is 11.9 Å². The molecule has 5 heteroatoms. The normalized spacial score (nSPS) is 10.8. The molecular weight excluding hydrogens is 380 g/mol. The molecular formula is C25H24O5. The summed E-state index contributed by atoms with van der Waals surface area (Å²) in [5.74, 6) is 1.55. The Morgan fingerprint density at radius 1 is 0.933 bits per heavy atom. The Hall–Kier alpha value is -3.73. The maximum Gasteiger partial charge on any atom is 0.185 e. The van der Waals surface area contributed by atoms with Gasteiger partial charge < -0.3 is 19.3 Å². The van der Waals surface area contributed by atoms with Crippen LogP contribution in [0.5, 0.6) is 23.0 Å². The van der Waals surface area contributed by atoms with Crippen molar-refractivity contribution in [3.05, 3.63) is 89.0 Å². The standard InChI is InChI=1S/C25H24O5/c1-17-4-9-21(10-5-17)30-16-20-14-18(7-13-24(20)28-2)6-11-22(26)19-8-12-23(27)25(15-19)29-3/h4-15,27H,16H2,1-3H3/b11-6+. The Bertz CT molecular complexity index is 1050. The molecule has 3 rings (SSSR count). The summed E-state index contributed by atoms with van der Waals surface area (Å²) >= 11 is 0. The molecule has 154 valence electrons. The van der Waals surface area contributed by atoms with Crippen molar-refractivity contribution in [1.82, 2.24) is 0 Å². The van der Waals surface area contributed by atoms with Gasteiger partial charge >= 0.3 is 0 Å². The summed E-state index contributed by atoms with van der Waals surface area (Å²) in [5.41, 5.74) is 3.32. The fraction of sp³-hybridized carbons (Fsp3) is 0.160. The van der Waals surface area contributed by atoms with E-state index in [0.29, 0.717) is 17.9 Å². The van der Waals surface area contributed by atoms with E-state index in [1.54, 1.807) is 19.3 Å². The highest BCUT2D eigenvalue weighted by atomic mass is 16.5. The zero-order valence-corrected chi connectivity index (χ0v) is 17.2. The van der Waals surface area contributed by atoms with Gasteiger partial charge in [0.15, 0.2) is 17.3 Å². The smallest absolute Gasteiger partial charge is 0.185 e. The van der Waals surface area contributed by atoms with Crippen molar-refractivity contribution in [3.63, 3.8) is 0 Å². The second-order valence-corrected chi connectivity index (χ2v) is 6.76. The van der Waals surface area contributed by atoms with Gasteiger partial charge in [-0.15, -0.1) is 0 Å².